The number of benzene rings is 1. The third kappa shape index (κ3) is 6.60. The zero-order chi connectivity index (χ0) is 22.0. The van der Waals surface area contributed by atoms with Crippen molar-refractivity contribution in [3.05, 3.63) is 84.0 Å². The third-order valence-electron chi connectivity index (χ3n) is 3.33. The molecule has 1 rings (SSSR count). The highest BCUT2D eigenvalue weighted by atomic mass is 16.2. The van der Waals surface area contributed by atoms with Crippen molar-refractivity contribution in [1.29, 1.82) is 0 Å². The van der Waals surface area contributed by atoms with E-state index in [2.05, 4.69) is 49.7 Å². The van der Waals surface area contributed by atoms with Crippen LogP contribution in [0.1, 0.15) is 20.7 Å². The summed E-state index contributed by atoms with van der Waals surface area (Å²) in [6, 6.07) is 5.97. The van der Waals surface area contributed by atoms with E-state index in [-0.39, 0.29) is 33.4 Å². The van der Waals surface area contributed by atoms with Crippen molar-refractivity contribution in [2.24, 2.45) is 21.5 Å². The number of primary amides is 2. The molecule has 4 amide bonds. The predicted molar refractivity (Wildman–Crippen MR) is 109 cm³/mol. The van der Waals surface area contributed by atoms with Crippen molar-refractivity contribution in [2.45, 2.75) is 0 Å². The van der Waals surface area contributed by atoms with Crippen LogP contribution < -0.4 is 11.5 Å². The van der Waals surface area contributed by atoms with Crippen LogP contribution in [0.3, 0.4) is 0 Å². The Kier molecular flexibility index (Phi) is 9.11. The van der Waals surface area contributed by atoms with Crippen molar-refractivity contribution >= 4 is 37.1 Å². The monoisotopic (exact) mass is 380 g/mol. The SMILES string of the molecule is C=NC(=O)C(=C)C(=C)C(=C)C(=C)C(=O)N=C.NC(=O)c1cccc(C(N)=O)c1. The molecule has 0 aliphatic rings. The molecular formula is C20H20N4O4. The maximum Gasteiger partial charge on any atom is 0.276 e. The second-order valence-electron chi connectivity index (χ2n) is 5.15. The lowest BCUT2D eigenvalue weighted by atomic mass is 9.96. The summed E-state index contributed by atoms with van der Waals surface area (Å²) in [6.45, 7) is 20.2. The van der Waals surface area contributed by atoms with Gasteiger partial charge in [0.25, 0.3) is 11.8 Å². The summed E-state index contributed by atoms with van der Waals surface area (Å²) in [5.74, 6) is -2.40. The van der Waals surface area contributed by atoms with Gasteiger partial charge in [0.15, 0.2) is 0 Å². The average molecular weight is 380 g/mol. The molecule has 0 saturated carbocycles. The summed E-state index contributed by atoms with van der Waals surface area (Å²) in [6.07, 6.45) is 0. The fourth-order valence-corrected chi connectivity index (χ4v) is 1.64. The van der Waals surface area contributed by atoms with E-state index < -0.39 is 23.6 Å². The van der Waals surface area contributed by atoms with Gasteiger partial charge in [-0.15, -0.1) is 0 Å². The van der Waals surface area contributed by atoms with E-state index in [1.807, 2.05) is 0 Å². The lowest BCUT2D eigenvalue weighted by Gasteiger charge is -2.09. The number of carbonyl (C=O) groups is 4. The highest BCUT2D eigenvalue weighted by Crippen LogP contribution is 2.22. The normalized spacial score (nSPS) is 9.00. The molecule has 8 heteroatoms. The Hall–Kier alpha value is -4.20. The molecule has 0 radical (unpaired) electrons. The minimum Gasteiger partial charge on any atom is -0.366 e. The van der Waals surface area contributed by atoms with Gasteiger partial charge in [-0.2, -0.15) is 0 Å². The van der Waals surface area contributed by atoms with E-state index >= 15 is 0 Å². The Balaban J connectivity index is 0.000000540. The van der Waals surface area contributed by atoms with E-state index in [9.17, 15) is 19.2 Å². The predicted octanol–water partition coefficient (Wildman–Crippen LogP) is 1.55. The van der Waals surface area contributed by atoms with Crippen LogP contribution in [0.2, 0.25) is 0 Å². The summed E-state index contributed by atoms with van der Waals surface area (Å²) in [4.78, 5) is 49.9. The van der Waals surface area contributed by atoms with Gasteiger partial charge >= 0.3 is 0 Å². The van der Waals surface area contributed by atoms with Crippen molar-refractivity contribution in [1.82, 2.24) is 0 Å². The minimum absolute atomic E-state index is 0.0120. The van der Waals surface area contributed by atoms with E-state index in [1.54, 1.807) is 6.07 Å². The fraction of sp³-hybridized carbons (Fsp3) is 0. The number of carbonyl (C=O) groups excluding carboxylic acids is 4. The minimum atomic E-state index is -0.627. The van der Waals surface area contributed by atoms with Crippen LogP contribution in [0.5, 0.6) is 0 Å². The molecule has 0 aliphatic heterocycles. The Morgan fingerprint density at radius 1 is 0.679 bits per heavy atom. The second kappa shape index (κ2) is 10.7. The molecule has 144 valence electrons. The Bertz CT molecular complexity index is 855. The first-order valence-corrected chi connectivity index (χ1v) is 7.46. The maximum atomic E-state index is 11.1. The number of rotatable bonds is 7. The molecule has 0 fully saturated rings. The van der Waals surface area contributed by atoms with Crippen LogP contribution in [0.15, 0.2) is 82.9 Å². The van der Waals surface area contributed by atoms with Crippen LogP contribution in [-0.2, 0) is 9.59 Å². The average Bonchev–Trinajstić information content (AvgIpc) is 2.70. The van der Waals surface area contributed by atoms with Crippen LogP contribution >= 0.6 is 0 Å². The van der Waals surface area contributed by atoms with Gasteiger partial charge in [-0.25, -0.2) is 9.98 Å². The molecule has 0 bridgehead atoms. The Morgan fingerprint density at radius 3 is 1.25 bits per heavy atom. The van der Waals surface area contributed by atoms with E-state index in [1.165, 1.54) is 18.2 Å². The number of hydrogen-bond acceptors (Lipinski definition) is 4. The molecule has 0 atom stereocenters. The van der Waals surface area contributed by atoms with Gasteiger partial charge < -0.3 is 11.5 Å². The second-order valence-corrected chi connectivity index (χ2v) is 5.15. The number of nitrogens with two attached hydrogens (primary N) is 2. The molecule has 0 aromatic heterocycles. The fourth-order valence-electron chi connectivity index (χ4n) is 1.64. The Labute approximate surface area is 162 Å². The summed E-state index contributed by atoms with van der Waals surface area (Å²) in [5, 5.41) is 0. The first-order chi connectivity index (χ1) is 13.0. The quantitative estimate of drug-likeness (QED) is 0.420. The first-order valence-electron chi connectivity index (χ1n) is 7.46. The summed E-state index contributed by atoms with van der Waals surface area (Å²) >= 11 is 0. The van der Waals surface area contributed by atoms with Crippen molar-refractivity contribution < 1.29 is 19.2 Å². The first kappa shape index (κ1) is 23.8. The Morgan fingerprint density at radius 2 is 1.00 bits per heavy atom. The van der Waals surface area contributed by atoms with Gasteiger partial charge in [-0.05, 0) is 42.8 Å². The highest BCUT2D eigenvalue weighted by Gasteiger charge is 2.16. The van der Waals surface area contributed by atoms with E-state index in [0.717, 1.165) is 0 Å². The zero-order valence-electron chi connectivity index (χ0n) is 15.2. The number of nitrogens with zero attached hydrogens (tertiary/aromatic N) is 2. The van der Waals surface area contributed by atoms with Gasteiger partial charge in [0.05, 0.1) is 0 Å². The van der Waals surface area contributed by atoms with Gasteiger partial charge in [-0.1, -0.05) is 32.4 Å². The highest BCUT2D eigenvalue weighted by molar-refractivity contribution is 6.05. The molecule has 1 aromatic rings. The molecular weight excluding hydrogens is 360 g/mol. The topological polar surface area (TPSA) is 145 Å². The number of hydrogen-bond donors (Lipinski definition) is 2. The van der Waals surface area contributed by atoms with Crippen LogP contribution in [0.25, 0.3) is 0 Å². The van der Waals surface area contributed by atoms with E-state index in [4.69, 9.17) is 11.5 Å². The molecule has 0 heterocycles. The molecule has 28 heavy (non-hydrogen) atoms. The van der Waals surface area contributed by atoms with Crippen molar-refractivity contribution in [2.75, 3.05) is 0 Å². The summed E-state index contributed by atoms with van der Waals surface area (Å²) in [5.41, 5.74) is 10.9. The van der Waals surface area contributed by atoms with Crippen LogP contribution in [0.4, 0.5) is 0 Å². The third-order valence-corrected chi connectivity index (χ3v) is 3.33. The molecule has 4 N–H and O–H groups in total. The molecule has 8 nitrogen and oxygen atoms in total. The van der Waals surface area contributed by atoms with Crippen LogP contribution in [0, 0.1) is 0 Å². The maximum absolute atomic E-state index is 11.1. The molecule has 0 unspecified atom stereocenters. The molecule has 0 aliphatic carbocycles. The van der Waals surface area contributed by atoms with Crippen LogP contribution in [-0.4, -0.2) is 37.1 Å². The summed E-state index contributed by atoms with van der Waals surface area (Å²) < 4.78 is 0. The lowest BCUT2D eigenvalue weighted by Crippen LogP contribution is -2.14. The largest absolute Gasteiger partial charge is 0.366 e. The van der Waals surface area contributed by atoms with Crippen molar-refractivity contribution in [3.8, 4) is 0 Å². The number of aliphatic imine (C=N–C) groups is 2. The number of amides is 4. The molecule has 0 saturated heterocycles. The van der Waals surface area contributed by atoms with Gasteiger partial charge in [0, 0.05) is 22.3 Å². The van der Waals surface area contributed by atoms with Gasteiger partial charge in [0.1, 0.15) is 0 Å². The van der Waals surface area contributed by atoms with Gasteiger partial charge in [0.2, 0.25) is 11.8 Å². The molecule has 0 spiro atoms. The zero-order valence-corrected chi connectivity index (χ0v) is 15.2. The van der Waals surface area contributed by atoms with E-state index in [0.29, 0.717) is 0 Å². The van der Waals surface area contributed by atoms with Crippen molar-refractivity contribution in [3.63, 3.8) is 0 Å². The van der Waals surface area contributed by atoms with Gasteiger partial charge in [-0.3, -0.25) is 19.2 Å². The molecule has 1 aromatic carbocycles. The standard InChI is InChI=1S/C12H12N2O2.C8H8N2O2/c1-7(9(3)11(15)13-5)8(2)10(4)12(16)14-6;9-7(11)5-2-1-3-6(4-5)8(10)12/h1-6H2;1-4H,(H2,9,11)(H2,10,12). The smallest absolute Gasteiger partial charge is 0.276 e. The lowest BCUT2D eigenvalue weighted by molar-refractivity contribution is -0.115. The summed E-state index contributed by atoms with van der Waals surface area (Å²) in [7, 11) is 0.